The molecule has 1 atom stereocenters. The van der Waals surface area contributed by atoms with Crippen LogP contribution in [0.15, 0.2) is 12.7 Å². The van der Waals surface area contributed by atoms with Crippen molar-refractivity contribution in [3.05, 3.63) is 12.7 Å². The second-order valence-corrected chi connectivity index (χ2v) is 4.80. The Morgan fingerprint density at radius 2 is 2.07 bits per heavy atom. The second-order valence-electron chi connectivity index (χ2n) is 4.80. The molecule has 0 unspecified atom stereocenters. The van der Waals surface area contributed by atoms with E-state index in [0.717, 1.165) is 12.8 Å². The smallest absolute Gasteiger partial charge is 0.240 e. The van der Waals surface area contributed by atoms with Crippen molar-refractivity contribution in [3.63, 3.8) is 0 Å². The van der Waals surface area contributed by atoms with Gasteiger partial charge in [0.2, 0.25) is 5.91 Å². The van der Waals surface area contributed by atoms with Crippen molar-refractivity contribution in [2.45, 2.75) is 52.1 Å². The summed E-state index contributed by atoms with van der Waals surface area (Å²) in [4.78, 5) is 13.8. The molecule has 0 aliphatic rings. The molecule has 0 rings (SSSR count). The fourth-order valence-electron chi connectivity index (χ4n) is 1.46. The highest BCUT2D eigenvalue weighted by atomic mass is 16.2. The molecule has 0 saturated carbocycles. The van der Waals surface area contributed by atoms with Crippen LogP contribution in [-0.2, 0) is 4.79 Å². The number of rotatable bonds is 5. The van der Waals surface area contributed by atoms with Crippen molar-refractivity contribution in [2.24, 2.45) is 5.73 Å². The zero-order chi connectivity index (χ0) is 12.1. The largest absolute Gasteiger partial charge is 0.333 e. The van der Waals surface area contributed by atoms with E-state index in [4.69, 9.17) is 5.73 Å². The first kappa shape index (κ1) is 14.2. The average Bonchev–Trinajstić information content (AvgIpc) is 2.11. The summed E-state index contributed by atoms with van der Waals surface area (Å²) in [6.45, 7) is 12.3. The zero-order valence-corrected chi connectivity index (χ0v) is 10.4. The fraction of sp³-hybridized carbons (Fsp3) is 0.750. The number of carbonyl (C=O) groups is 1. The third-order valence-electron chi connectivity index (χ3n) is 2.30. The predicted molar refractivity (Wildman–Crippen MR) is 64.5 cm³/mol. The van der Waals surface area contributed by atoms with Crippen LogP contribution in [0.4, 0.5) is 0 Å². The van der Waals surface area contributed by atoms with Gasteiger partial charge in [0.05, 0.1) is 6.04 Å². The molecular weight excluding hydrogens is 188 g/mol. The molecule has 2 N–H and O–H groups in total. The number of hydrogen-bond donors (Lipinski definition) is 1. The van der Waals surface area contributed by atoms with E-state index in [-0.39, 0.29) is 17.5 Å². The first-order valence-corrected chi connectivity index (χ1v) is 5.52. The van der Waals surface area contributed by atoms with Crippen LogP contribution in [0.2, 0.25) is 0 Å². The number of hydrogen-bond acceptors (Lipinski definition) is 2. The van der Waals surface area contributed by atoms with Crippen LogP contribution in [-0.4, -0.2) is 28.9 Å². The van der Waals surface area contributed by atoms with Gasteiger partial charge in [-0.15, -0.1) is 6.58 Å². The summed E-state index contributed by atoms with van der Waals surface area (Å²) in [5.74, 6) is 0.0178. The quantitative estimate of drug-likeness (QED) is 0.708. The lowest BCUT2D eigenvalue weighted by atomic mass is 10.0. The Balaban J connectivity index is 4.62. The molecule has 0 aliphatic heterocycles. The molecule has 0 spiro atoms. The van der Waals surface area contributed by atoms with Crippen LogP contribution in [0, 0.1) is 0 Å². The average molecular weight is 212 g/mol. The minimum absolute atomic E-state index is 0.0178. The van der Waals surface area contributed by atoms with E-state index in [1.165, 1.54) is 0 Å². The first-order chi connectivity index (χ1) is 6.84. The molecule has 0 saturated heterocycles. The normalized spacial score (nSPS) is 13.4. The molecule has 1 amide bonds. The van der Waals surface area contributed by atoms with Gasteiger partial charge in [-0.25, -0.2) is 0 Å². The summed E-state index contributed by atoms with van der Waals surface area (Å²) >= 11 is 0. The fourth-order valence-corrected chi connectivity index (χ4v) is 1.46. The van der Waals surface area contributed by atoms with Crippen molar-refractivity contribution < 1.29 is 4.79 Å². The van der Waals surface area contributed by atoms with Crippen LogP contribution >= 0.6 is 0 Å². The first-order valence-electron chi connectivity index (χ1n) is 5.52. The molecular formula is C12H24N2O. The Morgan fingerprint density at radius 3 is 2.40 bits per heavy atom. The minimum Gasteiger partial charge on any atom is -0.333 e. The molecule has 3 heteroatoms. The lowest BCUT2D eigenvalue weighted by Crippen LogP contribution is -2.52. The van der Waals surface area contributed by atoms with E-state index in [1.54, 1.807) is 11.0 Å². The van der Waals surface area contributed by atoms with Gasteiger partial charge in [-0.1, -0.05) is 19.4 Å². The topological polar surface area (TPSA) is 46.3 Å². The van der Waals surface area contributed by atoms with Gasteiger partial charge in [0.1, 0.15) is 0 Å². The van der Waals surface area contributed by atoms with E-state index in [0.29, 0.717) is 6.54 Å². The molecule has 0 fully saturated rings. The summed E-state index contributed by atoms with van der Waals surface area (Å²) < 4.78 is 0. The molecule has 0 bridgehead atoms. The van der Waals surface area contributed by atoms with Crippen molar-refractivity contribution in [2.75, 3.05) is 6.54 Å². The van der Waals surface area contributed by atoms with Gasteiger partial charge in [0.15, 0.2) is 0 Å². The summed E-state index contributed by atoms with van der Waals surface area (Å²) in [5.41, 5.74) is 5.63. The predicted octanol–water partition coefficient (Wildman–Crippen LogP) is 1.93. The summed E-state index contributed by atoms with van der Waals surface area (Å²) in [5, 5.41) is 0. The van der Waals surface area contributed by atoms with E-state index < -0.39 is 0 Å². The van der Waals surface area contributed by atoms with Gasteiger partial charge in [-0.05, 0) is 27.2 Å². The van der Waals surface area contributed by atoms with Gasteiger partial charge in [0, 0.05) is 12.1 Å². The maximum atomic E-state index is 12.0. The molecule has 0 aromatic heterocycles. The molecule has 0 heterocycles. The lowest BCUT2D eigenvalue weighted by Gasteiger charge is -2.36. The molecule has 3 nitrogen and oxygen atoms in total. The molecule has 0 aromatic carbocycles. The van der Waals surface area contributed by atoms with Crippen molar-refractivity contribution in [1.82, 2.24) is 4.90 Å². The number of nitrogens with two attached hydrogens (primary N) is 1. The summed E-state index contributed by atoms with van der Waals surface area (Å²) in [6.07, 6.45) is 3.41. The lowest BCUT2D eigenvalue weighted by molar-refractivity contribution is -0.136. The third kappa shape index (κ3) is 4.47. The molecule has 0 aliphatic carbocycles. The van der Waals surface area contributed by atoms with Gasteiger partial charge in [-0.2, -0.15) is 0 Å². The Morgan fingerprint density at radius 1 is 1.53 bits per heavy atom. The van der Waals surface area contributed by atoms with Gasteiger partial charge >= 0.3 is 0 Å². The number of carbonyl (C=O) groups excluding carboxylic acids is 1. The van der Waals surface area contributed by atoms with Crippen LogP contribution in [0.1, 0.15) is 40.5 Å². The Labute approximate surface area is 93.3 Å². The number of amides is 1. The van der Waals surface area contributed by atoms with Crippen molar-refractivity contribution in [1.29, 1.82) is 0 Å². The Bertz CT molecular complexity index is 218. The maximum Gasteiger partial charge on any atom is 0.240 e. The standard InChI is InChI=1S/C12H24N2O/c1-6-8-10(13)11(15)14(9-7-2)12(3,4)5/h7,10H,2,6,8-9,13H2,1,3-5H3/t10-/m0/s1. The van der Waals surface area contributed by atoms with Crippen molar-refractivity contribution in [3.8, 4) is 0 Å². The highest BCUT2D eigenvalue weighted by molar-refractivity contribution is 5.82. The number of nitrogens with zero attached hydrogens (tertiary/aromatic N) is 1. The van der Waals surface area contributed by atoms with Gasteiger partial charge in [0.25, 0.3) is 0 Å². The van der Waals surface area contributed by atoms with E-state index >= 15 is 0 Å². The van der Waals surface area contributed by atoms with E-state index in [1.807, 2.05) is 27.7 Å². The monoisotopic (exact) mass is 212 g/mol. The van der Waals surface area contributed by atoms with Crippen LogP contribution < -0.4 is 5.73 Å². The molecule has 0 radical (unpaired) electrons. The maximum absolute atomic E-state index is 12.0. The highest BCUT2D eigenvalue weighted by Gasteiger charge is 2.28. The van der Waals surface area contributed by atoms with E-state index in [2.05, 4.69) is 6.58 Å². The van der Waals surface area contributed by atoms with Crippen molar-refractivity contribution >= 4 is 5.91 Å². The SMILES string of the molecule is C=CCN(C(=O)[C@@H](N)CCC)C(C)(C)C. The van der Waals surface area contributed by atoms with Gasteiger partial charge in [-0.3, -0.25) is 4.79 Å². The Kier molecular flexibility index (Phi) is 5.58. The molecule has 0 aromatic rings. The minimum atomic E-state index is -0.380. The summed E-state index contributed by atoms with van der Waals surface area (Å²) in [6, 6.07) is -0.380. The highest BCUT2D eigenvalue weighted by Crippen LogP contribution is 2.15. The third-order valence-corrected chi connectivity index (χ3v) is 2.30. The Hall–Kier alpha value is -0.830. The zero-order valence-electron chi connectivity index (χ0n) is 10.4. The van der Waals surface area contributed by atoms with Gasteiger partial charge < -0.3 is 10.6 Å². The van der Waals surface area contributed by atoms with Crippen LogP contribution in [0.25, 0.3) is 0 Å². The second kappa shape index (κ2) is 5.91. The van der Waals surface area contributed by atoms with E-state index in [9.17, 15) is 4.79 Å². The van der Waals surface area contributed by atoms with Crippen LogP contribution in [0.3, 0.4) is 0 Å². The molecule has 15 heavy (non-hydrogen) atoms. The summed E-state index contributed by atoms with van der Waals surface area (Å²) in [7, 11) is 0. The molecule has 88 valence electrons. The van der Waals surface area contributed by atoms with Crippen LogP contribution in [0.5, 0.6) is 0 Å².